The van der Waals surface area contributed by atoms with Gasteiger partial charge in [0.05, 0.1) is 30.0 Å². The highest BCUT2D eigenvalue weighted by Gasteiger charge is 2.20. The zero-order valence-corrected chi connectivity index (χ0v) is 16.6. The van der Waals surface area contributed by atoms with E-state index in [1.807, 2.05) is 59.6 Å². The van der Waals surface area contributed by atoms with Crippen molar-refractivity contribution in [3.05, 3.63) is 59.5 Å². The molecule has 2 aromatic heterocycles. The maximum absolute atomic E-state index is 12.8. The molecule has 0 atom stereocenters. The Kier molecular flexibility index (Phi) is 5.28. The highest BCUT2D eigenvalue weighted by molar-refractivity contribution is 5.91. The average Bonchev–Trinajstić information content (AvgIpc) is 3.29. The summed E-state index contributed by atoms with van der Waals surface area (Å²) in [5.41, 5.74) is 3.87. The summed E-state index contributed by atoms with van der Waals surface area (Å²) in [5, 5.41) is 12.2. The van der Waals surface area contributed by atoms with E-state index in [9.17, 15) is 4.79 Å². The summed E-state index contributed by atoms with van der Waals surface area (Å²) in [7, 11) is 0. The molecule has 6 nitrogen and oxygen atoms in total. The normalized spacial score (nSPS) is 14.9. The molecule has 1 aromatic carbocycles. The van der Waals surface area contributed by atoms with Crippen LogP contribution in [0.2, 0.25) is 0 Å². The molecule has 1 aliphatic carbocycles. The minimum absolute atomic E-state index is 0.0311. The van der Waals surface area contributed by atoms with Crippen molar-refractivity contribution in [2.75, 3.05) is 5.32 Å². The SMILES string of the molecule is Cc1nn(-c2ccccc2)c(C)c1CC(=O)Nc1ccnn1C1CCCCC1. The maximum Gasteiger partial charge on any atom is 0.230 e. The summed E-state index contributed by atoms with van der Waals surface area (Å²) in [6, 6.07) is 12.3. The van der Waals surface area contributed by atoms with Crippen LogP contribution in [0, 0.1) is 13.8 Å². The Labute approximate surface area is 165 Å². The van der Waals surface area contributed by atoms with Gasteiger partial charge in [0.2, 0.25) is 5.91 Å². The Balaban J connectivity index is 1.49. The number of nitrogens with one attached hydrogen (secondary N) is 1. The Hall–Kier alpha value is -2.89. The second kappa shape index (κ2) is 8.00. The van der Waals surface area contributed by atoms with Crippen LogP contribution in [0.4, 0.5) is 5.82 Å². The van der Waals surface area contributed by atoms with Crippen LogP contribution in [0.15, 0.2) is 42.6 Å². The number of benzene rings is 1. The van der Waals surface area contributed by atoms with Gasteiger partial charge >= 0.3 is 0 Å². The van der Waals surface area contributed by atoms with Crippen LogP contribution in [-0.2, 0) is 11.2 Å². The van der Waals surface area contributed by atoms with E-state index >= 15 is 0 Å². The highest BCUT2D eigenvalue weighted by atomic mass is 16.1. The van der Waals surface area contributed by atoms with Gasteiger partial charge in [-0.3, -0.25) is 4.79 Å². The molecule has 1 amide bonds. The van der Waals surface area contributed by atoms with Crippen LogP contribution in [0.1, 0.15) is 55.1 Å². The van der Waals surface area contributed by atoms with Gasteiger partial charge in [0, 0.05) is 17.3 Å². The molecular formula is C22H27N5O. The quantitative estimate of drug-likeness (QED) is 0.718. The zero-order chi connectivity index (χ0) is 19.5. The molecule has 0 spiro atoms. The summed E-state index contributed by atoms with van der Waals surface area (Å²) in [4.78, 5) is 12.8. The summed E-state index contributed by atoms with van der Waals surface area (Å²) in [6.07, 6.45) is 8.10. The number of amides is 1. The van der Waals surface area contributed by atoms with Crippen LogP contribution >= 0.6 is 0 Å². The molecule has 0 bridgehead atoms. The minimum atomic E-state index is -0.0311. The first-order valence-electron chi connectivity index (χ1n) is 10.1. The van der Waals surface area contributed by atoms with Gasteiger partial charge in [-0.25, -0.2) is 9.36 Å². The van der Waals surface area contributed by atoms with Gasteiger partial charge in [-0.05, 0) is 38.8 Å². The standard InChI is InChI=1S/C22H27N5O/c1-16-20(17(2)26(25-16)18-9-5-3-6-10-18)15-22(28)24-21-13-14-23-27(21)19-11-7-4-8-12-19/h3,5-6,9-10,13-14,19H,4,7-8,11-12,15H2,1-2H3,(H,24,28). The van der Waals surface area contributed by atoms with E-state index in [0.29, 0.717) is 12.5 Å². The number of anilines is 1. The zero-order valence-electron chi connectivity index (χ0n) is 16.6. The summed E-state index contributed by atoms with van der Waals surface area (Å²) < 4.78 is 3.90. The Morgan fingerprint density at radius 3 is 2.61 bits per heavy atom. The molecule has 0 unspecified atom stereocenters. The lowest BCUT2D eigenvalue weighted by molar-refractivity contribution is -0.115. The van der Waals surface area contributed by atoms with E-state index in [1.54, 1.807) is 6.20 Å². The summed E-state index contributed by atoms with van der Waals surface area (Å²) >= 11 is 0. The molecule has 6 heteroatoms. The second-order valence-electron chi connectivity index (χ2n) is 7.57. The second-order valence-corrected chi connectivity index (χ2v) is 7.57. The lowest BCUT2D eigenvalue weighted by Gasteiger charge is -2.23. The van der Waals surface area contributed by atoms with Crippen molar-refractivity contribution in [1.82, 2.24) is 19.6 Å². The van der Waals surface area contributed by atoms with Crippen molar-refractivity contribution >= 4 is 11.7 Å². The summed E-state index contributed by atoms with van der Waals surface area (Å²) in [6.45, 7) is 3.98. The van der Waals surface area contributed by atoms with Crippen LogP contribution in [-0.4, -0.2) is 25.5 Å². The number of aryl methyl sites for hydroxylation is 1. The third-order valence-electron chi connectivity index (χ3n) is 5.64. The predicted molar refractivity (Wildman–Crippen MR) is 110 cm³/mol. The lowest BCUT2D eigenvalue weighted by Crippen LogP contribution is -2.21. The van der Waals surface area contributed by atoms with E-state index < -0.39 is 0 Å². The fraction of sp³-hybridized carbons (Fsp3) is 0.409. The number of para-hydroxylation sites is 1. The first-order chi connectivity index (χ1) is 13.6. The van der Waals surface area contributed by atoms with E-state index in [0.717, 1.165) is 41.3 Å². The molecule has 4 rings (SSSR count). The molecule has 1 fully saturated rings. The van der Waals surface area contributed by atoms with Gasteiger partial charge in [0.15, 0.2) is 0 Å². The molecular weight excluding hydrogens is 350 g/mol. The molecule has 2 heterocycles. The van der Waals surface area contributed by atoms with Crippen molar-refractivity contribution < 1.29 is 4.79 Å². The smallest absolute Gasteiger partial charge is 0.230 e. The third kappa shape index (κ3) is 3.72. The largest absolute Gasteiger partial charge is 0.311 e. The predicted octanol–water partition coefficient (Wildman–Crippen LogP) is 4.37. The van der Waals surface area contributed by atoms with Crippen molar-refractivity contribution in [3.63, 3.8) is 0 Å². The van der Waals surface area contributed by atoms with Crippen molar-refractivity contribution in [2.45, 2.75) is 58.4 Å². The molecule has 28 heavy (non-hydrogen) atoms. The monoisotopic (exact) mass is 377 g/mol. The minimum Gasteiger partial charge on any atom is -0.311 e. The van der Waals surface area contributed by atoms with E-state index in [1.165, 1.54) is 19.3 Å². The number of nitrogens with zero attached hydrogens (tertiary/aromatic N) is 4. The Morgan fingerprint density at radius 2 is 1.86 bits per heavy atom. The summed E-state index contributed by atoms with van der Waals surface area (Å²) in [5.74, 6) is 0.763. The molecule has 0 aliphatic heterocycles. The average molecular weight is 377 g/mol. The molecule has 1 saturated carbocycles. The number of carbonyl (C=O) groups excluding carboxylic acids is 1. The molecule has 0 radical (unpaired) electrons. The van der Waals surface area contributed by atoms with Crippen LogP contribution in [0.5, 0.6) is 0 Å². The van der Waals surface area contributed by atoms with Crippen molar-refractivity contribution in [1.29, 1.82) is 0 Å². The van der Waals surface area contributed by atoms with Gasteiger partial charge in [-0.1, -0.05) is 37.5 Å². The number of carbonyl (C=O) groups is 1. The van der Waals surface area contributed by atoms with Gasteiger partial charge in [0.1, 0.15) is 5.82 Å². The molecule has 0 saturated heterocycles. The first-order valence-corrected chi connectivity index (χ1v) is 10.1. The van der Waals surface area contributed by atoms with Gasteiger partial charge < -0.3 is 5.32 Å². The molecule has 1 aliphatic rings. The Bertz CT molecular complexity index is 951. The van der Waals surface area contributed by atoms with Crippen molar-refractivity contribution in [2.24, 2.45) is 0 Å². The fourth-order valence-corrected chi connectivity index (χ4v) is 4.13. The van der Waals surface area contributed by atoms with E-state index in [4.69, 9.17) is 0 Å². The van der Waals surface area contributed by atoms with E-state index in [-0.39, 0.29) is 5.91 Å². The highest BCUT2D eigenvalue weighted by Crippen LogP contribution is 2.30. The van der Waals surface area contributed by atoms with Gasteiger partial charge in [-0.2, -0.15) is 10.2 Å². The van der Waals surface area contributed by atoms with Crippen LogP contribution in [0.3, 0.4) is 0 Å². The van der Waals surface area contributed by atoms with Crippen molar-refractivity contribution in [3.8, 4) is 5.69 Å². The molecule has 146 valence electrons. The topological polar surface area (TPSA) is 64.7 Å². The van der Waals surface area contributed by atoms with Gasteiger partial charge in [-0.15, -0.1) is 0 Å². The van der Waals surface area contributed by atoms with Crippen LogP contribution < -0.4 is 5.32 Å². The number of rotatable bonds is 5. The number of aromatic nitrogens is 4. The molecule has 3 aromatic rings. The first kappa shape index (κ1) is 18.5. The lowest BCUT2D eigenvalue weighted by atomic mass is 9.96. The number of hydrogen-bond donors (Lipinski definition) is 1. The maximum atomic E-state index is 12.8. The Morgan fingerprint density at radius 1 is 1.11 bits per heavy atom. The third-order valence-corrected chi connectivity index (χ3v) is 5.64. The van der Waals surface area contributed by atoms with E-state index in [2.05, 4.69) is 15.5 Å². The fourth-order valence-electron chi connectivity index (χ4n) is 4.13. The molecule has 1 N–H and O–H groups in total. The van der Waals surface area contributed by atoms with Gasteiger partial charge in [0.25, 0.3) is 0 Å². The number of hydrogen-bond acceptors (Lipinski definition) is 3. The van der Waals surface area contributed by atoms with Crippen LogP contribution in [0.25, 0.3) is 5.69 Å².